The van der Waals surface area contributed by atoms with Gasteiger partial charge in [-0.1, -0.05) is 42.5 Å². The first-order chi connectivity index (χ1) is 10.1. The minimum absolute atomic E-state index is 0.146. The fourth-order valence-electron chi connectivity index (χ4n) is 2.46. The van der Waals surface area contributed by atoms with Crippen LogP contribution in [0, 0.1) is 6.92 Å². The van der Waals surface area contributed by atoms with Crippen LogP contribution in [0.25, 0.3) is 10.8 Å². The van der Waals surface area contributed by atoms with E-state index in [-0.39, 0.29) is 12.1 Å². The molecule has 0 saturated heterocycles. The molecule has 0 aliphatic heterocycles. The van der Waals surface area contributed by atoms with Crippen LogP contribution >= 0.6 is 0 Å². The molecule has 0 aliphatic carbocycles. The lowest BCUT2D eigenvalue weighted by atomic mass is 10.0. The van der Waals surface area contributed by atoms with Gasteiger partial charge in [0.2, 0.25) is 0 Å². The number of aryl methyl sites for hydroxylation is 1. The smallest absolute Gasteiger partial charge is 0.267 e. The number of hydrogen-bond donors (Lipinski definition) is 1. The van der Waals surface area contributed by atoms with Crippen molar-refractivity contribution in [2.24, 2.45) is 0 Å². The Kier molecular flexibility index (Phi) is 3.54. The van der Waals surface area contributed by atoms with Gasteiger partial charge in [-0.2, -0.15) is 5.10 Å². The van der Waals surface area contributed by atoms with E-state index in [0.717, 1.165) is 21.9 Å². The van der Waals surface area contributed by atoms with Crippen LogP contribution in [0.4, 0.5) is 0 Å². The molecular formula is C17H16N2O2. The van der Waals surface area contributed by atoms with E-state index in [1.54, 1.807) is 6.20 Å². The third-order valence-electron chi connectivity index (χ3n) is 3.53. The van der Waals surface area contributed by atoms with Crippen LogP contribution in [-0.2, 0) is 6.54 Å². The van der Waals surface area contributed by atoms with Gasteiger partial charge in [-0.3, -0.25) is 4.79 Å². The second-order valence-corrected chi connectivity index (χ2v) is 5.14. The number of rotatable bonds is 3. The summed E-state index contributed by atoms with van der Waals surface area (Å²) in [4.78, 5) is 11.9. The average Bonchev–Trinajstić information content (AvgIpc) is 2.49. The Hall–Kier alpha value is -2.46. The molecule has 0 bridgehead atoms. The molecule has 1 N–H and O–H groups in total. The summed E-state index contributed by atoms with van der Waals surface area (Å²) in [5.74, 6) is 0. The van der Waals surface area contributed by atoms with Crippen LogP contribution < -0.4 is 5.56 Å². The van der Waals surface area contributed by atoms with Crippen molar-refractivity contribution in [3.05, 3.63) is 76.2 Å². The molecule has 106 valence electrons. The summed E-state index contributed by atoms with van der Waals surface area (Å²) in [5.41, 5.74) is 1.42. The molecule has 0 fully saturated rings. The van der Waals surface area contributed by atoms with Gasteiger partial charge >= 0.3 is 0 Å². The highest BCUT2D eigenvalue weighted by atomic mass is 16.3. The van der Waals surface area contributed by atoms with Crippen molar-refractivity contribution in [1.82, 2.24) is 9.78 Å². The lowest BCUT2D eigenvalue weighted by molar-refractivity contribution is 0.150. The molecule has 2 aromatic carbocycles. The molecule has 0 aliphatic rings. The van der Waals surface area contributed by atoms with Crippen molar-refractivity contribution in [3.8, 4) is 0 Å². The lowest BCUT2D eigenvalue weighted by Crippen LogP contribution is -2.25. The van der Waals surface area contributed by atoms with Crippen molar-refractivity contribution in [3.63, 3.8) is 0 Å². The normalized spacial score (nSPS) is 12.5. The summed E-state index contributed by atoms with van der Waals surface area (Å²) < 4.78 is 1.29. The van der Waals surface area contributed by atoms with Gasteiger partial charge in [0, 0.05) is 6.07 Å². The second kappa shape index (κ2) is 5.50. The van der Waals surface area contributed by atoms with Crippen LogP contribution in [0.5, 0.6) is 0 Å². The predicted octanol–water partition coefficient (Wildman–Crippen LogP) is 2.44. The minimum Gasteiger partial charge on any atom is -0.386 e. The zero-order valence-electron chi connectivity index (χ0n) is 11.7. The average molecular weight is 280 g/mol. The van der Waals surface area contributed by atoms with E-state index in [1.165, 1.54) is 10.7 Å². The highest BCUT2D eigenvalue weighted by Gasteiger charge is 2.13. The zero-order chi connectivity index (χ0) is 14.8. The van der Waals surface area contributed by atoms with Crippen LogP contribution in [-0.4, -0.2) is 14.9 Å². The second-order valence-electron chi connectivity index (χ2n) is 5.14. The molecule has 0 spiro atoms. The molecule has 4 nitrogen and oxygen atoms in total. The summed E-state index contributed by atoms with van der Waals surface area (Å²) in [5, 5.41) is 16.6. The fraction of sp³-hybridized carbons (Fsp3) is 0.176. The number of aliphatic hydroxyl groups excluding tert-OH is 1. The van der Waals surface area contributed by atoms with Crippen LogP contribution in [0.15, 0.2) is 59.5 Å². The van der Waals surface area contributed by atoms with Gasteiger partial charge < -0.3 is 5.11 Å². The van der Waals surface area contributed by atoms with E-state index in [4.69, 9.17) is 0 Å². The number of aliphatic hydroxyl groups is 1. The molecule has 1 aromatic heterocycles. The molecule has 3 aromatic rings. The minimum atomic E-state index is -0.774. The maximum absolute atomic E-state index is 11.9. The predicted molar refractivity (Wildman–Crippen MR) is 82.1 cm³/mol. The summed E-state index contributed by atoms with van der Waals surface area (Å²) >= 11 is 0. The summed E-state index contributed by atoms with van der Waals surface area (Å²) in [6, 6.07) is 15.2. The number of hydrogen-bond acceptors (Lipinski definition) is 3. The monoisotopic (exact) mass is 280 g/mol. The first-order valence-electron chi connectivity index (χ1n) is 6.84. The Balaban J connectivity index is 1.97. The first kappa shape index (κ1) is 13.5. The van der Waals surface area contributed by atoms with Gasteiger partial charge in [0.1, 0.15) is 0 Å². The molecule has 3 rings (SSSR count). The number of fused-ring (bicyclic) bond motifs is 1. The Bertz CT molecular complexity index is 834. The van der Waals surface area contributed by atoms with Crippen molar-refractivity contribution >= 4 is 10.8 Å². The van der Waals surface area contributed by atoms with Crippen molar-refractivity contribution in [2.45, 2.75) is 19.6 Å². The zero-order valence-corrected chi connectivity index (χ0v) is 11.7. The Morgan fingerprint density at radius 2 is 1.95 bits per heavy atom. The van der Waals surface area contributed by atoms with Gasteiger partial charge in [-0.05, 0) is 28.8 Å². The maximum Gasteiger partial charge on any atom is 0.267 e. The molecule has 0 saturated carbocycles. The molecule has 21 heavy (non-hydrogen) atoms. The maximum atomic E-state index is 11.9. The van der Waals surface area contributed by atoms with Crippen molar-refractivity contribution in [2.75, 3.05) is 0 Å². The Morgan fingerprint density at radius 1 is 1.19 bits per heavy atom. The highest BCUT2D eigenvalue weighted by molar-refractivity contribution is 5.85. The SMILES string of the molecule is Cc1cnn(CC(O)c2cccc3ccccc23)c(=O)c1. The molecule has 0 amide bonds. The largest absolute Gasteiger partial charge is 0.386 e. The number of nitrogens with zero attached hydrogens (tertiary/aromatic N) is 2. The van der Waals surface area contributed by atoms with E-state index < -0.39 is 6.10 Å². The molecule has 1 unspecified atom stereocenters. The van der Waals surface area contributed by atoms with Crippen molar-refractivity contribution < 1.29 is 5.11 Å². The van der Waals surface area contributed by atoms with Gasteiger partial charge in [0.15, 0.2) is 0 Å². The standard InChI is InChI=1S/C17H16N2O2/c1-12-9-17(21)19(18-10-12)11-16(20)15-8-4-6-13-5-2-3-7-14(13)15/h2-10,16,20H,11H2,1H3. The number of aromatic nitrogens is 2. The van der Waals surface area contributed by atoms with E-state index in [9.17, 15) is 9.90 Å². The molecule has 4 heteroatoms. The van der Waals surface area contributed by atoms with E-state index in [2.05, 4.69) is 5.10 Å². The topological polar surface area (TPSA) is 55.1 Å². The van der Waals surface area contributed by atoms with E-state index in [1.807, 2.05) is 49.4 Å². The summed E-state index contributed by atoms with van der Waals surface area (Å²) in [6.07, 6.45) is 0.848. The quantitative estimate of drug-likeness (QED) is 0.801. The molecular weight excluding hydrogens is 264 g/mol. The summed E-state index contributed by atoms with van der Waals surface area (Å²) in [6.45, 7) is 1.97. The highest BCUT2D eigenvalue weighted by Crippen LogP contribution is 2.24. The van der Waals surface area contributed by atoms with Gasteiger partial charge in [0.05, 0.1) is 18.8 Å². The van der Waals surface area contributed by atoms with Crippen LogP contribution in [0.1, 0.15) is 17.2 Å². The third-order valence-corrected chi connectivity index (χ3v) is 3.53. The van der Waals surface area contributed by atoms with Gasteiger partial charge in [-0.25, -0.2) is 4.68 Å². The van der Waals surface area contributed by atoms with Crippen LogP contribution in [0.3, 0.4) is 0 Å². The molecule has 0 radical (unpaired) electrons. The molecule has 1 heterocycles. The van der Waals surface area contributed by atoms with Gasteiger partial charge in [0.25, 0.3) is 5.56 Å². The molecule has 1 atom stereocenters. The Morgan fingerprint density at radius 3 is 2.76 bits per heavy atom. The van der Waals surface area contributed by atoms with Gasteiger partial charge in [-0.15, -0.1) is 0 Å². The lowest BCUT2D eigenvalue weighted by Gasteiger charge is -2.14. The van der Waals surface area contributed by atoms with Crippen molar-refractivity contribution in [1.29, 1.82) is 0 Å². The third kappa shape index (κ3) is 2.71. The number of benzene rings is 2. The Labute approximate surface area is 122 Å². The summed E-state index contributed by atoms with van der Waals surface area (Å²) in [7, 11) is 0. The fourth-order valence-corrected chi connectivity index (χ4v) is 2.46. The van der Waals surface area contributed by atoms with E-state index >= 15 is 0 Å². The van der Waals surface area contributed by atoms with E-state index in [0.29, 0.717) is 0 Å². The van der Waals surface area contributed by atoms with Crippen LogP contribution in [0.2, 0.25) is 0 Å². The first-order valence-corrected chi connectivity index (χ1v) is 6.84.